The number of ether oxygens (including phenoxy) is 2. The molecular weight excluding hydrogens is 865 g/mol. The molecule has 2 aliphatic carbocycles. The largest absolute Gasteiger partial charge is 0.508 e. The molecule has 0 bridgehead atoms. The van der Waals surface area contributed by atoms with Crippen molar-refractivity contribution in [3.63, 3.8) is 0 Å². The van der Waals surface area contributed by atoms with Crippen molar-refractivity contribution in [1.82, 2.24) is 0 Å². The number of fused-ring (bicyclic) bond motifs is 9. The molecule has 8 aromatic rings. The standard InChI is InChI=1S/C56H42O12/c57-31-9-1-25(2-10-31)43-47-39(65)23-41-49(45(29-17-35(61)21-36(62)18-29)55(67-41)27-5-13-33(59)14-6-27)53(47)52-44(26-3-11-32(58)12-4-26)48-40(66)24-42-50(54(48)51(43)52)46(30-19-37(63)22-38(64)20-30)56(68-42)28-7-15-34(60)16-8-28/h1-24,43-46,51-52,55-66H/t43-,44-,45-,46-,51+,52+,55+,56+/m0/s1. The number of hydrogen-bond donors (Lipinski definition) is 10. The van der Waals surface area contributed by atoms with Gasteiger partial charge in [-0.25, -0.2) is 0 Å². The van der Waals surface area contributed by atoms with Gasteiger partial charge in [0.1, 0.15) is 81.2 Å². The summed E-state index contributed by atoms with van der Waals surface area (Å²) in [5.74, 6) is -4.13. The fraction of sp³-hybridized carbons (Fsp3) is 0.143. The lowest BCUT2D eigenvalue weighted by Gasteiger charge is -2.27. The molecule has 12 rings (SSSR count). The van der Waals surface area contributed by atoms with Crippen LogP contribution < -0.4 is 9.47 Å². The number of phenols is 10. The second kappa shape index (κ2) is 14.9. The van der Waals surface area contributed by atoms with Gasteiger partial charge in [0, 0.05) is 70.2 Å². The highest BCUT2D eigenvalue weighted by atomic mass is 16.5. The molecule has 0 radical (unpaired) electrons. The van der Waals surface area contributed by atoms with E-state index < -0.39 is 47.7 Å². The molecule has 10 N–H and O–H groups in total. The zero-order valence-electron chi connectivity index (χ0n) is 35.8. The maximum atomic E-state index is 12.6. The molecule has 0 saturated heterocycles. The Hall–Kier alpha value is -8.64. The molecule has 0 aromatic heterocycles. The van der Waals surface area contributed by atoms with Crippen LogP contribution in [0, 0.1) is 0 Å². The number of hydrogen-bond acceptors (Lipinski definition) is 12. The first-order valence-corrected chi connectivity index (χ1v) is 22.2. The predicted molar refractivity (Wildman–Crippen MR) is 248 cm³/mol. The van der Waals surface area contributed by atoms with E-state index >= 15 is 0 Å². The smallest absolute Gasteiger partial charge is 0.135 e. The quantitative estimate of drug-likeness (QED) is 0.0753. The Labute approximate surface area is 388 Å². The minimum absolute atomic E-state index is 0.0248. The lowest BCUT2D eigenvalue weighted by atomic mass is 9.74. The average Bonchev–Trinajstić information content (AvgIpc) is 4.05. The molecule has 12 nitrogen and oxygen atoms in total. The van der Waals surface area contributed by atoms with Gasteiger partial charge in [0.25, 0.3) is 0 Å². The third-order valence-corrected chi connectivity index (χ3v) is 14.4. The van der Waals surface area contributed by atoms with Crippen molar-refractivity contribution in [2.24, 2.45) is 0 Å². The highest BCUT2D eigenvalue weighted by Crippen LogP contribution is 2.74. The lowest BCUT2D eigenvalue weighted by molar-refractivity contribution is 0.221. The molecule has 4 aliphatic rings. The summed E-state index contributed by atoms with van der Waals surface area (Å²) in [4.78, 5) is 0. The van der Waals surface area contributed by atoms with Gasteiger partial charge < -0.3 is 60.5 Å². The van der Waals surface area contributed by atoms with E-state index in [0.29, 0.717) is 67.1 Å². The molecule has 2 aliphatic heterocycles. The van der Waals surface area contributed by atoms with Crippen LogP contribution in [0.3, 0.4) is 0 Å². The molecule has 0 unspecified atom stereocenters. The molecule has 0 spiro atoms. The third kappa shape index (κ3) is 6.20. The van der Waals surface area contributed by atoms with E-state index in [1.54, 1.807) is 133 Å². The molecular formula is C56H42O12. The zero-order chi connectivity index (χ0) is 46.9. The van der Waals surface area contributed by atoms with E-state index in [4.69, 9.17) is 9.47 Å². The Kier molecular flexibility index (Phi) is 8.97. The van der Waals surface area contributed by atoms with E-state index in [0.717, 1.165) is 11.1 Å². The maximum Gasteiger partial charge on any atom is 0.135 e. The Morgan fingerprint density at radius 1 is 0.250 bits per heavy atom. The van der Waals surface area contributed by atoms with E-state index in [1.807, 2.05) is 0 Å². The van der Waals surface area contributed by atoms with Crippen LogP contribution >= 0.6 is 0 Å². The van der Waals surface area contributed by atoms with Crippen LogP contribution in [0.5, 0.6) is 69.0 Å². The topological polar surface area (TPSA) is 221 Å². The van der Waals surface area contributed by atoms with Crippen LogP contribution in [-0.4, -0.2) is 51.1 Å². The van der Waals surface area contributed by atoms with Crippen LogP contribution in [0.15, 0.2) is 146 Å². The first-order chi connectivity index (χ1) is 32.8. The summed E-state index contributed by atoms with van der Waals surface area (Å²) in [6, 6.07) is 38.6. The summed E-state index contributed by atoms with van der Waals surface area (Å²) in [5.41, 5.74) is 7.62. The highest BCUT2D eigenvalue weighted by molar-refractivity contribution is 5.75. The van der Waals surface area contributed by atoms with Crippen molar-refractivity contribution in [3.05, 3.63) is 212 Å². The number of rotatable bonds is 6. The Bertz CT molecular complexity index is 3070. The van der Waals surface area contributed by atoms with Gasteiger partial charge in [0.05, 0.1) is 11.8 Å². The maximum absolute atomic E-state index is 12.6. The fourth-order valence-electron chi connectivity index (χ4n) is 12.0. The number of benzene rings is 8. The van der Waals surface area contributed by atoms with Crippen LogP contribution in [0.1, 0.15) is 114 Å². The van der Waals surface area contributed by atoms with Gasteiger partial charge >= 0.3 is 0 Å². The first-order valence-electron chi connectivity index (χ1n) is 22.2. The molecule has 338 valence electrons. The average molecular weight is 907 g/mol. The monoisotopic (exact) mass is 906 g/mol. The fourth-order valence-corrected chi connectivity index (χ4v) is 12.0. The molecule has 8 aromatic carbocycles. The van der Waals surface area contributed by atoms with Crippen molar-refractivity contribution < 1.29 is 60.5 Å². The van der Waals surface area contributed by atoms with Gasteiger partial charge in [-0.2, -0.15) is 0 Å². The summed E-state index contributed by atoms with van der Waals surface area (Å²) in [7, 11) is 0. The minimum Gasteiger partial charge on any atom is -0.508 e. The Morgan fingerprint density at radius 3 is 0.853 bits per heavy atom. The Morgan fingerprint density at radius 2 is 0.544 bits per heavy atom. The van der Waals surface area contributed by atoms with Crippen LogP contribution in [0.4, 0.5) is 0 Å². The van der Waals surface area contributed by atoms with E-state index in [2.05, 4.69) is 0 Å². The zero-order valence-corrected chi connectivity index (χ0v) is 35.8. The van der Waals surface area contributed by atoms with Gasteiger partial charge in [0.15, 0.2) is 0 Å². The number of aromatic hydroxyl groups is 10. The van der Waals surface area contributed by atoms with Crippen LogP contribution in [0.2, 0.25) is 0 Å². The minimum atomic E-state index is -0.792. The van der Waals surface area contributed by atoms with E-state index in [-0.39, 0.29) is 57.5 Å². The third-order valence-electron chi connectivity index (χ3n) is 14.4. The van der Waals surface area contributed by atoms with Crippen molar-refractivity contribution in [1.29, 1.82) is 0 Å². The van der Waals surface area contributed by atoms with E-state index in [9.17, 15) is 51.1 Å². The lowest BCUT2D eigenvalue weighted by Crippen LogP contribution is -2.15. The number of phenolic OH excluding ortho intramolecular Hbond substituents is 10. The SMILES string of the molecule is Oc1ccc([C@H]2c3c(O)cc4c(c3[C@@H]3[C@@H](c5ccc(O)cc5)c5c(O)cc6c(c5[C@H]23)[C@H](c2cc(O)cc(O)c2)[C@@H](c2ccc(O)cc2)O6)[C@H](c2cc(O)cc(O)c2)[C@@H](c2ccc(O)cc2)O4)cc1. The van der Waals surface area contributed by atoms with Crippen molar-refractivity contribution in [2.45, 2.75) is 47.7 Å². The highest BCUT2D eigenvalue weighted by Gasteiger charge is 2.59. The summed E-state index contributed by atoms with van der Waals surface area (Å²) in [5, 5.41) is 111. The molecule has 8 atom stereocenters. The van der Waals surface area contributed by atoms with Gasteiger partial charge in [-0.1, -0.05) is 48.5 Å². The van der Waals surface area contributed by atoms with Gasteiger partial charge in [0.2, 0.25) is 0 Å². The predicted octanol–water partition coefficient (Wildman–Crippen LogP) is 10.4. The molecule has 0 amide bonds. The second-order valence-corrected chi connectivity index (χ2v) is 18.2. The van der Waals surface area contributed by atoms with Crippen molar-refractivity contribution in [3.8, 4) is 69.0 Å². The molecule has 12 heteroatoms. The Balaban J connectivity index is 1.19. The molecule has 0 saturated carbocycles. The van der Waals surface area contributed by atoms with Crippen molar-refractivity contribution >= 4 is 0 Å². The van der Waals surface area contributed by atoms with E-state index in [1.165, 1.54) is 12.1 Å². The van der Waals surface area contributed by atoms with Gasteiger partial charge in [-0.15, -0.1) is 0 Å². The normalized spacial score (nSPS) is 22.6. The summed E-state index contributed by atoms with van der Waals surface area (Å²) in [6.45, 7) is 0. The van der Waals surface area contributed by atoms with Gasteiger partial charge in [-0.3, -0.25) is 0 Å². The summed E-state index contributed by atoms with van der Waals surface area (Å²) >= 11 is 0. The van der Waals surface area contributed by atoms with Gasteiger partial charge in [-0.05, 0) is 117 Å². The summed E-state index contributed by atoms with van der Waals surface area (Å²) in [6.07, 6.45) is -1.58. The molecule has 2 heterocycles. The molecule has 0 fully saturated rings. The second-order valence-electron chi connectivity index (χ2n) is 18.2. The first kappa shape index (κ1) is 40.8. The summed E-state index contributed by atoms with van der Waals surface area (Å²) < 4.78 is 13.8. The van der Waals surface area contributed by atoms with Crippen LogP contribution in [0.25, 0.3) is 0 Å². The van der Waals surface area contributed by atoms with Crippen molar-refractivity contribution in [2.75, 3.05) is 0 Å². The van der Waals surface area contributed by atoms with Crippen LogP contribution in [-0.2, 0) is 0 Å². The molecule has 68 heavy (non-hydrogen) atoms.